The van der Waals surface area contributed by atoms with E-state index in [0.717, 1.165) is 31.4 Å². The van der Waals surface area contributed by atoms with Crippen LogP contribution in [0.1, 0.15) is 31.2 Å². The lowest BCUT2D eigenvalue weighted by Crippen LogP contribution is -2.20. The molecule has 0 bridgehead atoms. The van der Waals surface area contributed by atoms with Crippen LogP contribution < -0.4 is 5.32 Å². The lowest BCUT2D eigenvalue weighted by Gasteiger charge is -2.17. The van der Waals surface area contributed by atoms with Gasteiger partial charge in [-0.3, -0.25) is 5.32 Å². The number of hydrogen-bond donors (Lipinski definition) is 2. The zero-order chi connectivity index (χ0) is 21.5. The molecule has 0 radical (unpaired) electrons. The van der Waals surface area contributed by atoms with E-state index in [4.69, 9.17) is 14.6 Å². The number of anilines is 1. The van der Waals surface area contributed by atoms with Crippen LogP contribution in [0.25, 0.3) is 17.0 Å². The number of carbonyl (C=O) groups is 1. The minimum Gasteiger partial charge on any atom is -0.465 e. The molecule has 2 aromatic heterocycles. The SMILES string of the molecule is COC(Cc1c(NC(=O)O)ncnc1-c1cnn(C(=CC#N)C2CCCC2)c1)OC. The molecule has 30 heavy (non-hydrogen) atoms. The van der Waals surface area contributed by atoms with E-state index in [-0.39, 0.29) is 18.2 Å². The number of ether oxygens (including phenoxy) is 2. The molecule has 1 amide bonds. The number of nitriles is 1. The van der Waals surface area contributed by atoms with Gasteiger partial charge in [0.2, 0.25) is 0 Å². The minimum atomic E-state index is -1.23. The largest absolute Gasteiger partial charge is 0.465 e. The van der Waals surface area contributed by atoms with Crippen LogP contribution in [0.15, 0.2) is 24.8 Å². The summed E-state index contributed by atoms with van der Waals surface area (Å²) >= 11 is 0. The summed E-state index contributed by atoms with van der Waals surface area (Å²) in [5.74, 6) is 0.445. The third-order valence-corrected chi connectivity index (χ3v) is 5.17. The Morgan fingerprint density at radius 3 is 2.77 bits per heavy atom. The normalized spacial score (nSPS) is 14.8. The molecule has 158 valence electrons. The van der Waals surface area contributed by atoms with Crippen molar-refractivity contribution in [3.8, 4) is 17.3 Å². The molecular weight excluding hydrogens is 388 g/mol. The highest BCUT2D eigenvalue weighted by atomic mass is 16.7. The summed E-state index contributed by atoms with van der Waals surface area (Å²) in [6, 6.07) is 2.12. The number of aromatic nitrogens is 4. The molecule has 10 nitrogen and oxygen atoms in total. The van der Waals surface area contributed by atoms with Gasteiger partial charge in [0.05, 0.1) is 23.7 Å². The summed E-state index contributed by atoms with van der Waals surface area (Å²) < 4.78 is 12.3. The molecule has 1 aliphatic carbocycles. The van der Waals surface area contributed by atoms with Crippen molar-refractivity contribution in [1.29, 1.82) is 5.26 Å². The van der Waals surface area contributed by atoms with Gasteiger partial charge in [0, 0.05) is 50.0 Å². The second-order valence-electron chi connectivity index (χ2n) is 6.94. The molecule has 0 aromatic carbocycles. The Balaban J connectivity index is 2.02. The molecule has 0 unspecified atom stereocenters. The van der Waals surface area contributed by atoms with Crippen molar-refractivity contribution in [1.82, 2.24) is 19.7 Å². The third kappa shape index (κ3) is 4.82. The Morgan fingerprint density at radius 1 is 1.40 bits per heavy atom. The van der Waals surface area contributed by atoms with Crippen LogP contribution >= 0.6 is 0 Å². The lowest BCUT2D eigenvalue weighted by atomic mass is 10.0. The van der Waals surface area contributed by atoms with Crippen LogP contribution in [0, 0.1) is 17.2 Å². The molecule has 2 N–H and O–H groups in total. The fourth-order valence-corrected chi connectivity index (χ4v) is 3.74. The Hall–Kier alpha value is -3.29. The fraction of sp³-hybridized carbons (Fsp3) is 0.450. The van der Waals surface area contributed by atoms with Gasteiger partial charge in [-0.2, -0.15) is 10.4 Å². The minimum absolute atomic E-state index is 0.155. The second-order valence-corrected chi connectivity index (χ2v) is 6.94. The second kappa shape index (κ2) is 9.96. The van der Waals surface area contributed by atoms with Crippen molar-refractivity contribution in [3.05, 3.63) is 30.4 Å². The summed E-state index contributed by atoms with van der Waals surface area (Å²) in [4.78, 5) is 19.6. The van der Waals surface area contributed by atoms with Crippen molar-refractivity contribution in [2.75, 3.05) is 19.5 Å². The number of carboxylic acid groups (broad SMARTS) is 1. The number of hydrogen-bond acceptors (Lipinski definition) is 7. The van der Waals surface area contributed by atoms with Gasteiger partial charge in [-0.25, -0.2) is 19.4 Å². The number of amides is 1. The van der Waals surface area contributed by atoms with E-state index >= 15 is 0 Å². The van der Waals surface area contributed by atoms with Crippen LogP contribution in [-0.4, -0.2) is 51.5 Å². The van der Waals surface area contributed by atoms with E-state index < -0.39 is 12.4 Å². The van der Waals surface area contributed by atoms with E-state index in [1.807, 2.05) is 0 Å². The first kappa shape index (κ1) is 21.4. The average molecular weight is 412 g/mol. The summed E-state index contributed by atoms with van der Waals surface area (Å²) in [5, 5.41) is 25.1. The quantitative estimate of drug-likeness (QED) is 0.499. The van der Waals surface area contributed by atoms with Crippen LogP contribution in [0.5, 0.6) is 0 Å². The zero-order valence-electron chi connectivity index (χ0n) is 16.9. The third-order valence-electron chi connectivity index (χ3n) is 5.17. The van der Waals surface area contributed by atoms with Crippen LogP contribution in [0.2, 0.25) is 0 Å². The number of methoxy groups -OCH3 is 2. The molecule has 1 saturated carbocycles. The molecule has 10 heteroatoms. The van der Waals surface area contributed by atoms with Crippen LogP contribution in [-0.2, 0) is 15.9 Å². The molecule has 2 heterocycles. The maximum absolute atomic E-state index is 11.2. The Bertz CT molecular complexity index is 954. The van der Waals surface area contributed by atoms with Gasteiger partial charge in [0.1, 0.15) is 12.1 Å². The number of nitrogens with one attached hydrogen (secondary N) is 1. The van der Waals surface area contributed by atoms with Crippen molar-refractivity contribution in [2.45, 2.75) is 38.4 Å². The Morgan fingerprint density at radius 2 is 2.13 bits per heavy atom. The van der Waals surface area contributed by atoms with Gasteiger partial charge in [-0.15, -0.1) is 0 Å². The summed E-state index contributed by atoms with van der Waals surface area (Å²) in [6.07, 6.45) is 8.99. The maximum atomic E-state index is 11.2. The molecular formula is C20H24N6O4. The van der Waals surface area contributed by atoms with Gasteiger partial charge in [-0.1, -0.05) is 12.8 Å². The molecule has 1 aliphatic rings. The molecule has 0 atom stereocenters. The highest BCUT2D eigenvalue weighted by Gasteiger charge is 2.24. The first-order valence-corrected chi connectivity index (χ1v) is 9.61. The van der Waals surface area contributed by atoms with Crippen LogP contribution in [0.4, 0.5) is 10.6 Å². The zero-order valence-corrected chi connectivity index (χ0v) is 16.9. The Labute approximate surface area is 174 Å². The summed E-state index contributed by atoms with van der Waals surface area (Å²) in [5.41, 5.74) is 2.57. The predicted molar refractivity (Wildman–Crippen MR) is 108 cm³/mol. The van der Waals surface area contributed by atoms with Gasteiger partial charge in [0.25, 0.3) is 0 Å². The summed E-state index contributed by atoms with van der Waals surface area (Å²) in [7, 11) is 3.00. The Kier molecular flexibility index (Phi) is 7.11. The lowest BCUT2D eigenvalue weighted by molar-refractivity contribution is -0.100. The van der Waals surface area contributed by atoms with Crippen molar-refractivity contribution in [3.63, 3.8) is 0 Å². The number of nitrogens with zero attached hydrogens (tertiary/aromatic N) is 5. The molecule has 0 saturated heterocycles. The van der Waals surface area contributed by atoms with Crippen molar-refractivity contribution >= 4 is 17.6 Å². The van der Waals surface area contributed by atoms with Gasteiger partial charge in [-0.05, 0) is 12.8 Å². The standard InChI is InChI=1S/C20H24N6O4/c1-29-17(30-2)9-15-18(22-12-23-19(15)25-20(27)28)14-10-24-26(11-14)16(7-8-21)13-5-3-4-6-13/h7,10-13,17H,3-6,9H2,1-2H3,(H,27,28)(H,22,23,25). The predicted octanol–water partition coefficient (Wildman–Crippen LogP) is 3.15. The smallest absolute Gasteiger partial charge is 0.410 e. The van der Waals surface area contributed by atoms with Gasteiger partial charge < -0.3 is 14.6 Å². The molecule has 3 rings (SSSR count). The van der Waals surface area contributed by atoms with Gasteiger partial charge in [0.15, 0.2) is 6.29 Å². The molecule has 0 aliphatic heterocycles. The fourth-order valence-electron chi connectivity index (χ4n) is 3.74. The van der Waals surface area contributed by atoms with Crippen molar-refractivity contribution in [2.24, 2.45) is 5.92 Å². The highest BCUT2D eigenvalue weighted by molar-refractivity contribution is 5.84. The molecule has 0 spiro atoms. The summed E-state index contributed by atoms with van der Waals surface area (Å²) in [6.45, 7) is 0. The molecule has 2 aromatic rings. The molecule has 1 fully saturated rings. The first-order valence-electron chi connectivity index (χ1n) is 9.61. The van der Waals surface area contributed by atoms with E-state index in [2.05, 4.69) is 26.5 Å². The van der Waals surface area contributed by atoms with Crippen molar-refractivity contribution < 1.29 is 19.4 Å². The number of rotatable bonds is 8. The first-order chi connectivity index (χ1) is 14.6. The maximum Gasteiger partial charge on any atom is 0.410 e. The number of allylic oxidation sites excluding steroid dienone is 2. The van der Waals surface area contributed by atoms with E-state index in [9.17, 15) is 10.1 Å². The van der Waals surface area contributed by atoms with E-state index in [0.29, 0.717) is 16.8 Å². The van der Waals surface area contributed by atoms with E-state index in [1.165, 1.54) is 26.6 Å². The topological polar surface area (TPSA) is 135 Å². The van der Waals surface area contributed by atoms with Gasteiger partial charge >= 0.3 is 6.09 Å². The monoisotopic (exact) mass is 412 g/mol. The van der Waals surface area contributed by atoms with E-state index in [1.54, 1.807) is 17.1 Å². The highest BCUT2D eigenvalue weighted by Crippen LogP contribution is 2.34. The average Bonchev–Trinajstić information content (AvgIpc) is 3.43. The van der Waals surface area contributed by atoms with Crippen LogP contribution in [0.3, 0.4) is 0 Å².